The number of anilines is 1. The zero-order chi connectivity index (χ0) is 32.2. The van der Waals surface area contributed by atoms with Crippen LogP contribution < -0.4 is 16.0 Å². The summed E-state index contributed by atoms with van der Waals surface area (Å²) in [5, 5.41) is 8.10. The highest BCUT2D eigenvalue weighted by atomic mass is 16.6. The van der Waals surface area contributed by atoms with Crippen molar-refractivity contribution in [2.75, 3.05) is 84.1 Å². The molecule has 14 heteroatoms. The van der Waals surface area contributed by atoms with Crippen molar-refractivity contribution in [1.82, 2.24) is 25.3 Å². The van der Waals surface area contributed by atoms with E-state index in [2.05, 4.69) is 25.8 Å². The first-order valence-electron chi connectivity index (χ1n) is 15.6. The first-order chi connectivity index (χ1) is 21.4. The van der Waals surface area contributed by atoms with Crippen LogP contribution >= 0.6 is 0 Å². The Hall–Kier alpha value is -3.59. The Morgan fingerprint density at radius 3 is 2.20 bits per heavy atom. The van der Waals surface area contributed by atoms with Gasteiger partial charge in [0.1, 0.15) is 11.6 Å². The Morgan fingerprint density at radius 2 is 1.58 bits per heavy atom. The molecule has 0 bridgehead atoms. The van der Waals surface area contributed by atoms with Gasteiger partial charge in [0.05, 0.1) is 37.6 Å². The summed E-state index contributed by atoms with van der Waals surface area (Å²) < 4.78 is 16.7. The van der Waals surface area contributed by atoms with Crippen molar-refractivity contribution in [1.29, 1.82) is 0 Å². The lowest BCUT2D eigenvalue weighted by Crippen LogP contribution is -2.72. The lowest BCUT2D eigenvalue weighted by atomic mass is 9.73. The molecule has 246 valence electrons. The maximum atomic E-state index is 13.2. The average molecular weight is 629 g/mol. The topological polar surface area (TPSA) is 159 Å². The number of amides is 5. The smallest absolute Gasteiger partial charge is 0.407 e. The minimum Gasteiger partial charge on any atom is -0.444 e. The normalized spacial score (nSPS) is 21.3. The summed E-state index contributed by atoms with van der Waals surface area (Å²) in [5.74, 6) is -2.08. The highest BCUT2D eigenvalue weighted by Gasteiger charge is 2.51. The Morgan fingerprint density at radius 1 is 0.933 bits per heavy atom. The molecule has 0 radical (unpaired) electrons. The molecule has 1 spiro atoms. The van der Waals surface area contributed by atoms with Gasteiger partial charge in [-0.25, -0.2) is 4.79 Å². The number of alkyl carbamates (subject to hydrolysis) is 1. The van der Waals surface area contributed by atoms with E-state index in [0.717, 1.165) is 44.2 Å². The third kappa shape index (κ3) is 7.98. The molecule has 1 atom stereocenters. The number of hydrogen-bond donors (Lipinski definition) is 3. The summed E-state index contributed by atoms with van der Waals surface area (Å²) in [6.07, 6.45) is -0.228. The van der Waals surface area contributed by atoms with E-state index in [-0.39, 0.29) is 24.0 Å². The first kappa shape index (κ1) is 32.8. The Balaban J connectivity index is 0.913. The number of hydrogen-bond acceptors (Lipinski definition) is 11. The van der Waals surface area contributed by atoms with Gasteiger partial charge in [-0.1, -0.05) is 6.07 Å². The average Bonchev–Trinajstić information content (AvgIpc) is 3.18. The van der Waals surface area contributed by atoms with Gasteiger partial charge in [-0.3, -0.25) is 39.2 Å². The molecule has 4 aliphatic rings. The maximum Gasteiger partial charge on any atom is 0.407 e. The van der Waals surface area contributed by atoms with Crippen molar-refractivity contribution < 1.29 is 38.2 Å². The van der Waals surface area contributed by atoms with Crippen LogP contribution in [0.4, 0.5) is 10.5 Å². The molecule has 4 heterocycles. The third-order valence-corrected chi connectivity index (χ3v) is 8.28. The van der Waals surface area contributed by atoms with E-state index in [1.54, 1.807) is 18.2 Å². The van der Waals surface area contributed by atoms with E-state index < -0.39 is 41.4 Å². The minimum atomic E-state index is -0.991. The first-order valence-corrected chi connectivity index (χ1v) is 15.6. The fourth-order valence-electron chi connectivity index (χ4n) is 6.37. The number of nitrogens with one attached hydrogen (secondary N) is 3. The quantitative estimate of drug-likeness (QED) is 0.196. The number of rotatable bonds is 14. The molecule has 1 unspecified atom stereocenters. The molecule has 3 N–H and O–H groups in total. The van der Waals surface area contributed by atoms with Gasteiger partial charge >= 0.3 is 6.09 Å². The summed E-state index contributed by atoms with van der Waals surface area (Å²) in [5.41, 5.74) is 0.877. The van der Waals surface area contributed by atoms with Crippen molar-refractivity contribution in [3.8, 4) is 0 Å². The molecule has 14 nitrogen and oxygen atoms in total. The molecule has 3 fully saturated rings. The fourth-order valence-corrected chi connectivity index (χ4v) is 6.37. The van der Waals surface area contributed by atoms with Gasteiger partial charge in [0.15, 0.2) is 0 Å². The number of benzene rings is 1. The Bertz CT molecular complexity index is 1300. The van der Waals surface area contributed by atoms with Crippen molar-refractivity contribution >= 4 is 35.4 Å². The summed E-state index contributed by atoms with van der Waals surface area (Å²) in [6.45, 7) is 14.5. The zero-order valence-corrected chi connectivity index (χ0v) is 26.3. The van der Waals surface area contributed by atoms with Gasteiger partial charge in [0, 0.05) is 69.9 Å². The second-order valence-corrected chi connectivity index (χ2v) is 13.2. The second kappa shape index (κ2) is 13.8. The second-order valence-electron chi connectivity index (χ2n) is 13.2. The van der Waals surface area contributed by atoms with Crippen LogP contribution in [0.3, 0.4) is 0 Å². The van der Waals surface area contributed by atoms with Crippen LogP contribution in [-0.4, -0.2) is 135 Å². The van der Waals surface area contributed by atoms with Gasteiger partial charge in [-0.05, 0) is 39.3 Å². The lowest BCUT2D eigenvalue weighted by Gasteiger charge is -2.60. The van der Waals surface area contributed by atoms with Crippen LogP contribution in [0.15, 0.2) is 18.2 Å². The van der Waals surface area contributed by atoms with Crippen LogP contribution in [0.25, 0.3) is 0 Å². The summed E-state index contributed by atoms with van der Waals surface area (Å²) in [6, 6.07) is 4.01. The van der Waals surface area contributed by atoms with Crippen LogP contribution in [0.1, 0.15) is 54.3 Å². The van der Waals surface area contributed by atoms with E-state index in [1.165, 1.54) is 0 Å². The Kier molecular flexibility index (Phi) is 10.1. The molecule has 0 aromatic heterocycles. The lowest BCUT2D eigenvalue weighted by molar-refractivity contribution is -0.136. The zero-order valence-electron chi connectivity index (χ0n) is 26.3. The molecule has 3 saturated heterocycles. The molecule has 5 amide bonds. The molecule has 45 heavy (non-hydrogen) atoms. The molecule has 5 rings (SSSR count). The molecular weight excluding hydrogens is 584 g/mol. The number of fused-ring (bicyclic) bond motifs is 1. The van der Waals surface area contributed by atoms with Gasteiger partial charge in [0.25, 0.3) is 11.8 Å². The molecule has 0 aliphatic carbocycles. The van der Waals surface area contributed by atoms with Crippen LogP contribution in [0, 0.1) is 5.41 Å². The van der Waals surface area contributed by atoms with Crippen molar-refractivity contribution in [2.24, 2.45) is 5.41 Å². The van der Waals surface area contributed by atoms with Crippen LogP contribution in [-0.2, 0) is 23.8 Å². The van der Waals surface area contributed by atoms with Crippen molar-refractivity contribution in [3.05, 3.63) is 29.3 Å². The Labute approximate surface area is 263 Å². The van der Waals surface area contributed by atoms with E-state index >= 15 is 0 Å². The predicted octanol–water partition coefficient (Wildman–Crippen LogP) is 0.675. The summed E-state index contributed by atoms with van der Waals surface area (Å²) >= 11 is 0. The van der Waals surface area contributed by atoms with Gasteiger partial charge in [0.2, 0.25) is 11.8 Å². The molecule has 1 aromatic rings. The number of nitrogens with zero attached hydrogens (tertiary/aromatic N) is 3. The monoisotopic (exact) mass is 628 g/mol. The standard InChI is InChI=1S/C31H44N6O8/c1-30(2,3)45-29(42)33-10-14-44-16-12-36-19-31(20-36)17-35(18-31)11-15-43-13-9-32-22-6-4-5-21-25(22)28(41)37(27(21)40)23-7-8-24(38)34-26(23)39/h4-6,23,32H,7-20H2,1-3H3,(H,33,42)(H,34,38,39). The van der Waals surface area contributed by atoms with E-state index in [9.17, 15) is 24.0 Å². The number of likely N-dealkylation sites (tertiary alicyclic amines) is 2. The van der Waals surface area contributed by atoms with Gasteiger partial charge in [-0.2, -0.15) is 0 Å². The van der Waals surface area contributed by atoms with E-state index in [1.807, 2.05) is 20.8 Å². The van der Waals surface area contributed by atoms with Crippen LogP contribution in [0.5, 0.6) is 0 Å². The minimum absolute atomic E-state index is 0.0811. The fraction of sp³-hybridized carbons (Fsp3) is 0.645. The maximum absolute atomic E-state index is 13.2. The van der Waals surface area contributed by atoms with E-state index in [4.69, 9.17) is 14.2 Å². The number of piperidine rings is 1. The highest BCUT2D eigenvalue weighted by Crippen LogP contribution is 2.39. The van der Waals surface area contributed by atoms with Crippen molar-refractivity contribution in [3.63, 3.8) is 0 Å². The number of ether oxygens (including phenoxy) is 3. The summed E-state index contributed by atoms with van der Waals surface area (Å²) in [7, 11) is 0. The van der Waals surface area contributed by atoms with Gasteiger partial charge in [-0.15, -0.1) is 0 Å². The number of imide groups is 2. The largest absolute Gasteiger partial charge is 0.444 e. The molecular formula is C31H44N6O8. The summed E-state index contributed by atoms with van der Waals surface area (Å²) in [4.78, 5) is 67.4. The van der Waals surface area contributed by atoms with E-state index in [0.29, 0.717) is 50.6 Å². The van der Waals surface area contributed by atoms with Crippen LogP contribution in [0.2, 0.25) is 0 Å². The highest BCUT2D eigenvalue weighted by molar-refractivity contribution is 6.25. The predicted molar refractivity (Wildman–Crippen MR) is 163 cm³/mol. The molecule has 0 saturated carbocycles. The SMILES string of the molecule is CC(C)(C)OC(=O)NCCOCCN1CC2(C1)CN(CCOCCNc1cccc3c1C(=O)N(C1CCC(=O)NC1=O)C3=O)C2. The third-order valence-electron chi connectivity index (χ3n) is 8.28. The van der Waals surface area contributed by atoms with Crippen molar-refractivity contribution in [2.45, 2.75) is 45.3 Å². The number of carbonyl (C=O) groups excluding carboxylic acids is 5. The molecule has 4 aliphatic heterocycles. The van der Waals surface area contributed by atoms with Gasteiger partial charge < -0.3 is 24.8 Å². The number of carbonyl (C=O) groups is 5. The molecule has 1 aromatic carbocycles.